The van der Waals surface area contributed by atoms with Crippen molar-refractivity contribution < 1.29 is 17.6 Å². The van der Waals surface area contributed by atoms with Crippen molar-refractivity contribution in [2.45, 2.75) is 6.54 Å². The van der Waals surface area contributed by atoms with E-state index in [1.807, 2.05) is 0 Å². The van der Waals surface area contributed by atoms with E-state index in [-0.39, 0.29) is 12.2 Å². The van der Waals surface area contributed by atoms with Gasteiger partial charge in [0.2, 0.25) is 0 Å². The molecule has 0 aliphatic rings. The maximum absolute atomic E-state index is 13.3. The van der Waals surface area contributed by atoms with Crippen LogP contribution in [0.4, 0.5) is 23.2 Å². The SMILES string of the molecule is Fc1cncc(CNc2cc(F)c(F)cc2F)c1. The molecule has 18 heavy (non-hydrogen) atoms. The first-order chi connectivity index (χ1) is 8.56. The van der Waals surface area contributed by atoms with Gasteiger partial charge in [0.25, 0.3) is 0 Å². The van der Waals surface area contributed by atoms with Gasteiger partial charge < -0.3 is 5.32 Å². The van der Waals surface area contributed by atoms with Crippen LogP contribution in [0.2, 0.25) is 0 Å². The highest BCUT2D eigenvalue weighted by Crippen LogP contribution is 2.19. The van der Waals surface area contributed by atoms with Gasteiger partial charge in [-0.15, -0.1) is 0 Å². The Bertz CT molecular complexity index is 572. The smallest absolute Gasteiger partial charge is 0.161 e. The molecule has 0 radical (unpaired) electrons. The summed E-state index contributed by atoms with van der Waals surface area (Å²) in [5.74, 6) is -3.86. The van der Waals surface area contributed by atoms with Crippen LogP contribution in [0.5, 0.6) is 0 Å². The first-order valence-electron chi connectivity index (χ1n) is 5.04. The predicted molar refractivity (Wildman–Crippen MR) is 57.8 cm³/mol. The summed E-state index contributed by atoms with van der Waals surface area (Å²) in [6, 6.07) is 2.36. The lowest BCUT2D eigenvalue weighted by molar-refractivity contribution is 0.496. The number of nitrogens with zero attached hydrogens (tertiary/aromatic N) is 1. The van der Waals surface area contributed by atoms with Crippen LogP contribution < -0.4 is 5.32 Å². The first-order valence-corrected chi connectivity index (χ1v) is 5.04. The maximum Gasteiger partial charge on any atom is 0.161 e. The number of rotatable bonds is 3. The molecule has 0 atom stereocenters. The molecule has 1 heterocycles. The summed E-state index contributed by atoms with van der Waals surface area (Å²) >= 11 is 0. The summed E-state index contributed by atoms with van der Waals surface area (Å²) in [6.45, 7) is 0.0484. The second kappa shape index (κ2) is 5.03. The monoisotopic (exact) mass is 256 g/mol. The molecular formula is C12H8F4N2. The van der Waals surface area contributed by atoms with Gasteiger partial charge in [0.05, 0.1) is 11.9 Å². The molecule has 0 unspecified atom stereocenters. The molecule has 2 rings (SSSR count). The summed E-state index contributed by atoms with van der Waals surface area (Å²) in [5, 5.41) is 2.54. The Morgan fingerprint density at radius 2 is 1.61 bits per heavy atom. The lowest BCUT2D eigenvalue weighted by atomic mass is 10.2. The molecule has 6 heteroatoms. The Morgan fingerprint density at radius 1 is 0.889 bits per heavy atom. The number of hydrogen-bond donors (Lipinski definition) is 1. The molecule has 1 aromatic heterocycles. The van der Waals surface area contributed by atoms with Gasteiger partial charge in [-0.05, 0) is 11.6 Å². The number of halogens is 4. The molecule has 0 spiro atoms. The van der Waals surface area contributed by atoms with E-state index in [0.29, 0.717) is 17.7 Å². The van der Waals surface area contributed by atoms with Crippen molar-refractivity contribution in [1.29, 1.82) is 0 Å². The minimum absolute atomic E-state index is 0.0484. The van der Waals surface area contributed by atoms with Crippen molar-refractivity contribution in [2.75, 3.05) is 5.32 Å². The van der Waals surface area contributed by atoms with Crippen molar-refractivity contribution in [3.8, 4) is 0 Å². The van der Waals surface area contributed by atoms with Gasteiger partial charge in [0.1, 0.15) is 11.6 Å². The van der Waals surface area contributed by atoms with Crippen molar-refractivity contribution >= 4 is 5.69 Å². The Balaban J connectivity index is 2.13. The van der Waals surface area contributed by atoms with Gasteiger partial charge in [-0.25, -0.2) is 17.6 Å². The van der Waals surface area contributed by atoms with Crippen molar-refractivity contribution in [3.05, 3.63) is 59.4 Å². The van der Waals surface area contributed by atoms with Crippen molar-refractivity contribution in [1.82, 2.24) is 4.98 Å². The van der Waals surface area contributed by atoms with Gasteiger partial charge in [-0.2, -0.15) is 0 Å². The Labute approximate surface area is 100 Å². The van der Waals surface area contributed by atoms with Crippen molar-refractivity contribution in [3.63, 3.8) is 0 Å². The summed E-state index contributed by atoms with van der Waals surface area (Å²) in [6.07, 6.45) is 2.41. The second-order valence-corrected chi connectivity index (χ2v) is 3.61. The summed E-state index contributed by atoms with van der Waals surface area (Å²) in [4.78, 5) is 3.61. The molecule has 0 saturated heterocycles. The first kappa shape index (κ1) is 12.3. The number of aromatic nitrogens is 1. The Kier molecular flexibility index (Phi) is 3.45. The molecule has 0 saturated carbocycles. The highest BCUT2D eigenvalue weighted by atomic mass is 19.2. The Hall–Kier alpha value is -2.11. The van der Waals surface area contributed by atoms with Crippen LogP contribution in [0.1, 0.15) is 5.56 Å². The molecule has 2 aromatic rings. The van der Waals surface area contributed by atoms with E-state index in [4.69, 9.17) is 0 Å². The van der Waals surface area contributed by atoms with E-state index in [1.165, 1.54) is 12.3 Å². The molecule has 1 N–H and O–H groups in total. The number of nitrogens with one attached hydrogen (secondary N) is 1. The molecule has 0 amide bonds. The molecule has 94 valence electrons. The van der Waals surface area contributed by atoms with E-state index in [2.05, 4.69) is 10.3 Å². The maximum atomic E-state index is 13.3. The highest BCUT2D eigenvalue weighted by molar-refractivity contribution is 5.45. The molecule has 1 aromatic carbocycles. The molecular weight excluding hydrogens is 248 g/mol. The molecule has 0 bridgehead atoms. The van der Waals surface area contributed by atoms with Gasteiger partial charge in [-0.3, -0.25) is 4.98 Å². The topological polar surface area (TPSA) is 24.9 Å². The fraction of sp³-hybridized carbons (Fsp3) is 0.0833. The minimum Gasteiger partial charge on any atom is -0.378 e. The van der Waals surface area contributed by atoms with E-state index in [9.17, 15) is 17.6 Å². The summed E-state index contributed by atoms with van der Waals surface area (Å²) in [7, 11) is 0. The standard InChI is InChI=1S/C12H8F4N2/c13-8-1-7(4-17-6-8)5-18-12-3-10(15)9(14)2-11(12)16/h1-4,6,18H,5H2. The van der Waals surface area contributed by atoms with Gasteiger partial charge >= 0.3 is 0 Å². The summed E-state index contributed by atoms with van der Waals surface area (Å²) in [5.41, 5.74) is 0.261. The number of pyridine rings is 1. The zero-order chi connectivity index (χ0) is 13.1. The van der Waals surface area contributed by atoms with Crippen LogP contribution in [0.3, 0.4) is 0 Å². The predicted octanol–water partition coefficient (Wildman–Crippen LogP) is 3.25. The third-order valence-electron chi connectivity index (χ3n) is 2.25. The lowest BCUT2D eigenvalue weighted by Gasteiger charge is -2.08. The largest absolute Gasteiger partial charge is 0.378 e. The molecule has 0 fully saturated rings. The van der Waals surface area contributed by atoms with E-state index < -0.39 is 23.3 Å². The molecule has 0 aliphatic carbocycles. The molecule has 2 nitrogen and oxygen atoms in total. The van der Waals surface area contributed by atoms with Crippen LogP contribution in [0, 0.1) is 23.3 Å². The van der Waals surface area contributed by atoms with Gasteiger partial charge in [0.15, 0.2) is 11.6 Å². The fourth-order valence-electron chi connectivity index (χ4n) is 1.41. The van der Waals surface area contributed by atoms with Crippen LogP contribution in [0.15, 0.2) is 30.6 Å². The average Bonchev–Trinajstić information content (AvgIpc) is 2.32. The van der Waals surface area contributed by atoms with Crippen LogP contribution in [0.25, 0.3) is 0 Å². The third kappa shape index (κ3) is 2.77. The van der Waals surface area contributed by atoms with Crippen LogP contribution in [-0.4, -0.2) is 4.98 Å². The number of benzene rings is 1. The average molecular weight is 256 g/mol. The number of anilines is 1. The lowest BCUT2D eigenvalue weighted by Crippen LogP contribution is -2.03. The zero-order valence-corrected chi connectivity index (χ0v) is 9.05. The highest BCUT2D eigenvalue weighted by Gasteiger charge is 2.09. The van der Waals surface area contributed by atoms with E-state index >= 15 is 0 Å². The third-order valence-corrected chi connectivity index (χ3v) is 2.25. The fourth-order valence-corrected chi connectivity index (χ4v) is 1.41. The van der Waals surface area contributed by atoms with Gasteiger partial charge in [0, 0.05) is 24.9 Å². The van der Waals surface area contributed by atoms with Crippen LogP contribution >= 0.6 is 0 Å². The normalized spacial score (nSPS) is 10.4. The zero-order valence-electron chi connectivity index (χ0n) is 9.05. The van der Waals surface area contributed by atoms with Gasteiger partial charge in [-0.1, -0.05) is 0 Å². The number of hydrogen-bond acceptors (Lipinski definition) is 2. The summed E-state index contributed by atoms with van der Waals surface area (Å²) < 4.78 is 51.6. The minimum atomic E-state index is -1.26. The van der Waals surface area contributed by atoms with Crippen LogP contribution in [-0.2, 0) is 6.54 Å². The molecule has 0 aliphatic heterocycles. The quantitative estimate of drug-likeness (QED) is 0.673. The van der Waals surface area contributed by atoms with E-state index in [1.54, 1.807) is 0 Å². The van der Waals surface area contributed by atoms with Crippen molar-refractivity contribution in [2.24, 2.45) is 0 Å². The van der Waals surface area contributed by atoms with E-state index in [0.717, 1.165) is 6.20 Å². The second-order valence-electron chi connectivity index (χ2n) is 3.61. The Morgan fingerprint density at radius 3 is 2.33 bits per heavy atom.